The van der Waals surface area contributed by atoms with Crippen molar-refractivity contribution in [3.8, 4) is 0 Å². The molecule has 0 spiro atoms. The van der Waals surface area contributed by atoms with E-state index < -0.39 is 0 Å². The Morgan fingerprint density at radius 1 is 1.20 bits per heavy atom. The summed E-state index contributed by atoms with van der Waals surface area (Å²) >= 11 is 0. The highest BCUT2D eigenvalue weighted by Gasteiger charge is 2.20. The van der Waals surface area contributed by atoms with E-state index in [1.54, 1.807) is 0 Å². The van der Waals surface area contributed by atoms with E-state index in [9.17, 15) is 4.79 Å². The van der Waals surface area contributed by atoms with Crippen LogP contribution < -0.4 is 5.73 Å². The molecule has 2 N–H and O–H groups in total. The number of hydrogen-bond acceptors (Lipinski definition) is 3. The van der Waals surface area contributed by atoms with Gasteiger partial charge in [-0.3, -0.25) is 4.79 Å². The number of carbonyl (C=O) groups is 1. The normalized spacial score (nSPS) is 18.0. The van der Waals surface area contributed by atoms with Crippen molar-refractivity contribution in [2.75, 3.05) is 32.7 Å². The minimum absolute atomic E-state index is 0.0444. The maximum atomic E-state index is 12.2. The molecule has 1 fully saturated rings. The minimum Gasteiger partial charge on any atom is -0.340 e. The van der Waals surface area contributed by atoms with Gasteiger partial charge in [0.15, 0.2) is 0 Å². The molecule has 0 aliphatic carbocycles. The lowest BCUT2D eigenvalue weighted by Crippen LogP contribution is -2.48. The average molecular weight is 275 g/mol. The van der Waals surface area contributed by atoms with Crippen LogP contribution in [0.3, 0.4) is 0 Å². The smallest absolute Gasteiger partial charge is 0.222 e. The molecule has 1 aliphatic rings. The lowest BCUT2D eigenvalue weighted by Gasteiger charge is -2.34. The van der Waals surface area contributed by atoms with Crippen molar-refractivity contribution in [2.45, 2.75) is 25.8 Å². The monoisotopic (exact) mass is 275 g/mol. The van der Waals surface area contributed by atoms with E-state index >= 15 is 0 Å². The Labute approximate surface area is 121 Å². The van der Waals surface area contributed by atoms with E-state index in [4.69, 9.17) is 5.73 Å². The highest BCUT2D eigenvalue weighted by molar-refractivity contribution is 5.76. The van der Waals surface area contributed by atoms with Crippen molar-refractivity contribution >= 4 is 5.91 Å². The van der Waals surface area contributed by atoms with Crippen LogP contribution in [0.4, 0.5) is 0 Å². The summed E-state index contributed by atoms with van der Waals surface area (Å²) in [5, 5.41) is 0. The zero-order valence-electron chi connectivity index (χ0n) is 12.3. The zero-order valence-corrected chi connectivity index (χ0v) is 12.3. The molecule has 2 rings (SSSR count). The number of carbonyl (C=O) groups excluding carboxylic acids is 1. The molecule has 1 atom stereocenters. The van der Waals surface area contributed by atoms with Crippen LogP contribution in [0.5, 0.6) is 0 Å². The molecule has 0 radical (unpaired) electrons. The second-order valence-electron chi connectivity index (χ2n) is 5.37. The molecule has 110 valence electrons. The SMILES string of the molecule is CCN1CCN(C(=O)CCC(N)c2ccccc2)CC1. The largest absolute Gasteiger partial charge is 0.340 e. The lowest BCUT2D eigenvalue weighted by molar-refractivity contribution is -0.133. The third kappa shape index (κ3) is 4.05. The molecule has 0 saturated carbocycles. The van der Waals surface area contributed by atoms with Gasteiger partial charge in [-0.15, -0.1) is 0 Å². The van der Waals surface area contributed by atoms with Gasteiger partial charge in [-0.2, -0.15) is 0 Å². The number of rotatable bonds is 5. The van der Waals surface area contributed by atoms with E-state index in [-0.39, 0.29) is 11.9 Å². The molecule has 0 aromatic heterocycles. The zero-order chi connectivity index (χ0) is 14.4. The van der Waals surface area contributed by atoms with Crippen molar-refractivity contribution in [3.05, 3.63) is 35.9 Å². The first kappa shape index (κ1) is 15.0. The van der Waals surface area contributed by atoms with Gasteiger partial charge in [0.05, 0.1) is 0 Å². The van der Waals surface area contributed by atoms with Crippen molar-refractivity contribution in [1.82, 2.24) is 9.80 Å². The Kier molecular flexibility index (Phi) is 5.56. The Balaban J connectivity index is 1.75. The second-order valence-corrected chi connectivity index (χ2v) is 5.37. The van der Waals surface area contributed by atoms with E-state index in [2.05, 4.69) is 11.8 Å². The number of benzene rings is 1. The Morgan fingerprint density at radius 2 is 1.85 bits per heavy atom. The summed E-state index contributed by atoms with van der Waals surface area (Å²) in [4.78, 5) is 16.5. The summed E-state index contributed by atoms with van der Waals surface area (Å²) in [6, 6.07) is 9.96. The molecule has 1 aromatic carbocycles. The highest BCUT2D eigenvalue weighted by Crippen LogP contribution is 2.16. The van der Waals surface area contributed by atoms with Crippen LogP contribution in [0.25, 0.3) is 0 Å². The van der Waals surface area contributed by atoms with E-state index in [0.717, 1.165) is 44.7 Å². The standard InChI is InChI=1S/C16H25N3O/c1-2-18-10-12-19(13-11-18)16(20)9-8-15(17)14-6-4-3-5-7-14/h3-7,15H,2,8-13,17H2,1H3. The molecular weight excluding hydrogens is 250 g/mol. The van der Waals surface area contributed by atoms with Gasteiger partial charge in [0.1, 0.15) is 0 Å². The number of nitrogens with zero attached hydrogens (tertiary/aromatic N) is 2. The minimum atomic E-state index is -0.0444. The Hall–Kier alpha value is -1.39. The number of nitrogens with two attached hydrogens (primary N) is 1. The summed E-state index contributed by atoms with van der Waals surface area (Å²) in [5.41, 5.74) is 7.24. The predicted molar refractivity (Wildman–Crippen MR) is 81.3 cm³/mol. The fourth-order valence-corrected chi connectivity index (χ4v) is 2.62. The van der Waals surface area contributed by atoms with Gasteiger partial charge < -0.3 is 15.5 Å². The van der Waals surface area contributed by atoms with Crippen molar-refractivity contribution in [1.29, 1.82) is 0 Å². The van der Waals surface area contributed by atoms with E-state index in [1.165, 1.54) is 0 Å². The lowest BCUT2D eigenvalue weighted by atomic mass is 10.0. The number of likely N-dealkylation sites (N-methyl/N-ethyl adjacent to an activating group) is 1. The molecule has 1 amide bonds. The van der Waals surface area contributed by atoms with E-state index in [0.29, 0.717) is 6.42 Å². The van der Waals surface area contributed by atoms with Gasteiger partial charge in [-0.25, -0.2) is 0 Å². The molecule has 20 heavy (non-hydrogen) atoms. The van der Waals surface area contributed by atoms with Crippen LogP contribution in [-0.2, 0) is 4.79 Å². The third-order valence-electron chi connectivity index (χ3n) is 4.07. The molecule has 1 unspecified atom stereocenters. The van der Waals surface area contributed by atoms with Crippen molar-refractivity contribution in [2.24, 2.45) is 5.73 Å². The molecule has 4 heteroatoms. The first-order valence-corrected chi connectivity index (χ1v) is 7.51. The molecular formula is C16H25N3O. The quantitative estimate of drug-likeness (QED) is 0.888. The topological polar surface area (TPSA) is 49.6 Å². The predicted octanol–water partition coefficient (Wildman–Crippen LogP) is 1.63. The first-order valence-electron chi connectivity index (χ1n) is 7.51. The molecule has 1 saturated heterocycles. The molecule has 1 heterocycles. The third-order valence-corrected chi connectivity index (χ3v) is 4.07. The Bertz CT molecular complexity index is 413. The summed E-state index contributed by atoms with van der Waals surface area (Å²) in [5.74, 6) is 0.243. The van der Waals surface area contributed by atoms with Gasteiger partial charge >= 0.3 is 0 Å². The van der Waals surface area contributed by atoms with Crippen LogP contribution in [-0.4, -0.2) is 48.4 Å². The van der Waals surface area contributed by atoms with Crippen molar-refractivity contribution < 1.29 is 4.79 Å². The van der Waals surface area contributed by atoms with Crippen LogP contribution in [0.1, 0.15) is 31.4 Å². The molecule has 1 aromatic rings. The van der Waals surface area contributed by atoms with Gasteiger partial charge in [0.25, 0.3) is 0 Å². The summed E-state index contributed by atoms with van der Waals surface area (Å²) in [6.45, 7) is 6.93. The fourth-order valence-electron chi connectivity index (χ4n) is 2.62. The number of amides is 1. The molecule has 4 nitrogen and oxygen atoms in total. The summed E-state index contributed by atoms with van der Waals surface area (Å²) < 4.78 is 0. The maximum absolute atomic E-state index is 12.2. The summed E-state index contributed by atoms with van der Waals surface area (Å²) in [7, 11) is 0. The fraction of sp³-hybridized carbons (Fsp3) is 0.562. The first-order chi connectivity index (χ1) is 9.70. The van der Waals surface area contributed by atoms with Crippen LogP contribution in [0.2, 0.25) is 0 Å². The maximum Gasteiger partial charge on any atom is 0.222 e. The molecule has 0 bridgehead atoms. The van der Waals surface area contributed by atoms with Gasteiger partial charge in [0, 0.05) is 38.6 Å². The highest BCUT2D eigenvalue weighted by atomic mass is 16.2. The molecule has 1 aliphatic heterocycles. The second kappa shape index (κ2) is 7.41. The van der Waals surface area contributed by atoms with Crippen molar-refractivity contribution in [3.63, 3.8) is 0 Å². The number of hydrogen-bond donors (Lipinski definition) is 1. The summed E-state index contributed by atoms with van der Waals surface area (Å²) in [6.07, 6.45) is 1.26. The van der Waals surface area contributed by atoms with Crippen LogP contribution in [0, 0.1) is 0 Å². The van der Waals surface area contributed by atoms with Crippen LogP contribution >= 0.6 is 0 Å². The van der Waals surface area contributed by atoms with Crippen LogP contribution in [0.15, 0.2) is 30.3 Å². The van der Waals surface area contributed by atoms with Gasteiger partial charge in [-0.05, 0) is 18.5 Å². The van der Waals surface area contributed by atoms with Gasteiger partial charge in [-0.1, -0.05) is 37.3 Å². The average Bonchev–Trinajstić information content (AvgIpc) is 2.53. The van der Waals surface area contributed by atoms with Gasteiger partial charge in [0.2, 0.25) is 5.91 Å². The number of piperazine rings is 1. The Morgan fingerprint density at radius 3 is 2.45 bits per heavy atom. The van der Waals surface area contributed by atoms with E-state index in [1.807, 2.05) is 35.2 Å².